The Morgan fingerprint density at radius 3 is 2.05 bits per heavy atom. The monoisotopic (exact) mass is 305 g/mol. The molecule has 1 aromatic rings. The molecule has 0 spiro atoms. The minimum Gasteiger partial charge on any atom is -0.224 e. The Hall–Kier alpha value is -1.55. The molecule has 0 heterocycles. The molecule has 0 aliphatic rings. The number of nitrogens with zero attached hydrogens (tertiary/aromatic N) is 1. The second-order valence-electron chi connectivity index (χ2n) is 5.09. The van der Waals surface area contributed by atoms with Gasteiger partial charge in [0.05, 0.1) is 27.7 Å². The van der Waals surface area contributed by atoms with Gasteiger partial charge >= 0.3 is 6.18 Å². The summed E-state index contributed by atoms with van der Waals surface area (Å²) in [5, 5.41) is 8.82. The average Bonchev–Trinajstić information content (AvgIpc) is 2.36. The molecule has 3 nitrogen and oxygen atoms in total. The first-order valence-corrected chi connectivity index (χ1v) is 7.44. The fourth-order valence-electron chi connectivity index (χ4n) is 1.41. The van der Waals surface area contributed by atoms with Gasteiger partial charge in [0.15, 0.2) is 9.84 Å². The molecule has 7 heteroatoms. The molecule has 110 valence electrons. The van der Waals surface area contributed by atoms with E-state index in [4.69, 9.17) is 5.26 Å². The van der Waals surface area contributed by atoms with Gasteiger partial charge in [-0.3, -0.25) is 0 Å². The van der Waals surface area contributed by atoms with Gasteiger partial charge in [-0.15, -0.1) is 0 Å². The molecule has 20 heavy (non-hydrogen) atoms. The molecule has 0 amide bonds. The van der Waals surface area contributed by atoms with Gasteiger partial charge in [0.1, 0.15) is 0 Å². The van der Waals surface area contributed by atoms with E-state index in [1.165, 1.54) is 0 Å². The first-order valence-electron chi connectivity index (χ1n) is 5.79. The Labute approximate surface area is 116 Å². The zero-order chi connectivity index (χ0) is 15.6. The topological polar surface area (TPSA) is 57.9 Å². The van der Waals surface area contributed by atoms with Gasteiger partial charge in [0.2, 0.25) is 0 Å². The van der Waals surface area contributed by atoms with Crippen LogP contribution in [0.25, 0.3) is 0 Å². The van der Waals surface area contributed by atoms with E-state index in [1.807, 2.05) is 6.07 Å². The number of hydrogen-bond donors (Lipinski definition) is 0. The lowest BCUT2D eigenvalue weighted by Crippen LogP contribution is -2.16. The Morgan fingerprint density at radius 1 is 1.15 bits per heavy atom. The summed E-state index contributed by atoms with van der Waals surface area (Å²) in [6.45, 7) is 3.21. The van der Waals surface area contributed by atoms with E-state index in [0.29, 0.717) is 0 Å². The highest BCUT2D eigenvalue weighted by Crippen LogP contribution is 2.30. The van der Waals surface area contributed by atoms with Gasteiger partial charge in [-0.05, 0) is 44.5 Å². The molecule has 0 N–H and O–H groups in total. The smallest absolute Gasteiger partial charge is 0.224 e. The molecule has 0 unspecified atom stereocenters. The molecule has 0 atom stereocenters. The van der Waals surface area contributed by atoms with Crippen LogP contribution in [0.1, 0.15) is 25.8 Å². The van der Waals surface area contributed by atoms with Gasteiger partial charge in [0, 0.05) is 0 Å². The number of sulfone groups is 1. The van der Waals surface area contributed by atoms with Gasteiger partial charge < -0.3 is 0 Å². The van der Waals surface area contributed by atoms with E-state index >= 15 is 0 Å². The van der Waals surface area contributed by atoms with E-state index in [1.54, 1.807) is 13.8 Å². The summed E-state index contributed by atoms with van der Waals surface area (Å²) in [6.07, 6.45) is -4.38. The van der Waals surface area contributed by atoms with Crippen LogP contribution in [0.4, 0.5) is 13.2 Å². The summed E-state index contributed by atoms with van der Waals surface area (Å²) in [7, 11) is -3.68. The van der Waals surface area contributed by atoms with E-state index in [0.717, 1.165) is 24.3 Å². The van der Waals surface area contributed by atoms with E-state index < -0.39 is 27.0 Å². The zero-order valence-electron chi connectivity index (χ0n) is 11.0. The van der Waals surface area contributed by atoms with Crippen LogP contribution in [0.5, 0.6) is 0 Å². The predicted molar refractivity (Wildman–Crippen MR) is 67.5 cm³/mol. The SMILES string of the molecule is CC(C)(C#N)CCS(=O)(=O)c1ccc(C(F)(F)F)cc1. The summed E-state index contributed by atoms with van der Waals surface area (Å²) in [6, 6.07) is 5.34. The fourth-order valence-corrected chi connectivity index (χ4v) is 2.98. The molecular formula is C13H14F3NO2S. The maximum atomic E-state index is 12.4. The third-order valence-electron chi connectivity index (χ3n) is 2.84. The average molecular weight is 305 g/mol. The minimum atomic E-state index is -4.49. The second kappa shape index (κ2) is 5.44. The number of hydrogen-bond acceptors (Lipinski definition) is 3. The van der Waals surface area contributed by atoms with Crippen LogP contribution in [-0.2, 0) is 16.0 Å². The van der Waals surface area contributed by atoms with Crippen molar-refractivity contribution in [3.63, 3.8) is 0 Å². The van der Waals surface area contributed by atoms with E-state index in [9.17, 15) is 21.6 Å². The lowest BCUT2D eigenvalue weighted by Gasteiger charge is -2.15. The first kappa shape index (κ1) is 16.5. The highest BCUT2D eigenvalue weighted by Gasteiger charge is 2.31. The third-order valence-corrected chi connectivity index (χ3v) is 4.57. The fraction of sp³-hybridized carbons (Fsp3) is 0.462. The normalized spacial score (nSPS) is 13.0. The highest BCUT2D eigenvalue weighted by atomic mass is 32.2. The summed E-state index contributed by atoms with van der Waals surface area (Å²) < 4.78 is 61.1. The van der Waals surface area contributed by atoms with Crippen molar-refractivity contribution in [1.29, 1.82) is 5.26 Å². The Morgan fingerprint density at radius 2 is 1.65 bits per heavy atom. The van der Waals surface area contributed by atoms with E-state index in [-0.39, 0.29) is 17.1 Å². The van der Waals surface area contributed by atoms with Gasteiger partial charge in [-0.1, -0.05) is 0 Å². The molecule has 0 aliphatic heterocycles. The molecule has 0 aliphatic carbocycles. The van der Waals surface area contributed by atoms with Gasteiger partial charge in [-0.2, -0.15) is 18.4 Å². The molecule has 0 fully saturated rings. The van der Waals surface area contributed by atoms with Crippen LogP contribution in [0.3, 0.4) is 0 Å². The van der Waals surface area contributed by atoms with Gasteiger partial charge in [-0.25, -0.2) is 8.42 Å². The van der Waals surface area contributed by atoms with Crippen molar-refractivity contribution in [2.24, 2.45) is 5.41 Å². The van der Waals surface area contributed by atoms with E-state index in [2.05, 4.69) is 0 Å². The maximum Gasteiger partial charge on any atom is 0.416 e. The summed E-state index contributed by atoms with van der Waals surface area (Å²) in [4.78, 5) is -0.167. The zero-order valence-corrected chi connectivity index (χ0v) is 11.8. The minimum absolute atomic E-state index is 0.118. The standard InChI is InChI=1S/C13H14F3NO2S/c1-12(2,9-17)7-8-20(18,19)11-5-3-10(4-6-11)13(14,15)16/h3-6H,7-8H2,1-2H3. The Kier molecular flexibility index (Phi) is 4.49. The van der Waals surface area contributed by atoms with Crippen molar-refractivity contribution < 1.29 is 21.6 Å². The molecule has 0 saturated heterocycles. The maximum absolute atomic E-state index is 12.4. The third kappa shape index (κ3) is 4.23. The van der Waals surface area contributed by atoms with Crippen LogP contribution in [0, 0.1) is 16.7 Å². The quantitative estimate of drug-likeness (QED) is 0.856. The highest BCUT2D eigenvalue weighted by molar-refractivity contribution is 7.91. The van der Waals surface area contributed by atoms with Crippen molar-refractivity contribution in [2.75, 3.05) is 5.75 Å². The van der Waals surface area contributed by atoms with Gasteiger partial charge in [0.25, 0.3) is 0 Å². The molecule has 0 bridgehead atoms. The number of alkyl halides is 3. The molecule has 0 saturated carbocycles. The first-order chi connectivity index (χ1) is 8.98. The number of nitriles is 1. The largest absolute Gasteiger partial charge is 0.416 e. The van der Waals surface area contributed by atoms with Crippen molar-refractivity contribution in [3.8, 4) is 6.07 Å². The second-order valence-corrected chi connectivity index (χ2v) is 7.20. The molecule has 0 aromatic heterocycles. The van der Waals surface area contributed by atoms with Crippen LogP contribution >= 0.6 is 0 Å². The predicted octanol–water partition coefficient (Wildman–Crippen LogP) is 3.42. The Bertz CT molecular complexity index is 611. The van der Waals surface area contributed by atoms with Crippen molar-refractivity contribution in [2.45, 2.75) is 31.3 Å². The van der Waals surface area contributed by atoms with Crippen molar-refractivity contribution in [3.05, 3.63) is 29.8 Å². The number of benzene rings is 1. The van der Waals surface area contributed by atoms with Crippen LogP contribution in [0.15, 0.2) is 29.2 Å². The summed E-state index contributed by atoms with van der Waals surface area (Å²) in [5.41, 5.74) is -1.69. The Balaban J connectivity index is 2.92. The number of rotatable bonds is 4. The molecule has 0 radical (unpaired) electrons. The number of halogens is 3. The molecule has 1 aromatic carbocycles. The summed E-state index contributed by atoms with van der Waals surface area (Å²) in [5.74, 6) is -0.279. The lowest BCUT2D eigenvalue weighted by atomic mass is 9.93. The van der Waals surface area contributed by atoms with Crippen LogP contribution in [-0.4, -0.2) is 14.2 Å². The van der Waals surface area contributed by atoms with Crippen molar-refractivity contribution in [1.82, 2.24) is 0 Å². The van der Waals surface area contributed by atoms with Crippen molar-refractivity contribution >= 4 is 9.84 Å². The molecule has 1 rings (SSSR count). The summed E-state index contributed by atoms with van der Waals surface area (Å²) >= 11 is 0. The lowest BCUT2D eigenvalue weighted by molar-refractivity contribution is -0.137. The van der Waals surface area contributed by atoms with Crippen LogP contribution in [0.2, 0.25) is 0 Å². The van der Waals surface area contributed by atoms with Crippen LogP contribution < -0.4 is 0 Å². The molecular weight excluding hydrogens is 291 g/mol.